The van der Waals surface area contributed by atoms with Crippen LogP contribution in [0.25, 0.3) is 0 Å². The van der Waals surface area contributed by atoms with Crippen molar-refractivity contribution in [1.29, 1.82) is 0 Å². The Hall–Kier alpha value is -1.86. The lowest BCUT2D eigenvalue weighted by Gasteiger charge is -2.25. The van der Waals surface area contributed by atoms with E-state index < -0.39 is 17.1 Å². The fourth-order valence-corrected chi connectivity index (χ4v) is 4.11. The smallest absolute Gasteiger partial charge is 0.308 e. The van der Waals surface area contributed by atoms with E-state index in [0.717, 1.165) is 17.7 Å². The summed E-state index contributed by atoms with van der Waals surface area (Å²) in [5.74, 6) is 0.656. The summed E-state index contributed by atoms with van der Waals surface area (Å²) in [4.78, 5) is 14.1. The number of halogens is 4. The number of nitrogens with one attached hydrogen (secondary N) is 1. The SMILES string of the molecule is Cc1ccc(NC(=O)N2CCSC2c2cccc(C(F)(F)F)c2)cc1Cl. The van der Waals surface area contributed by atoms with Crippen LogP contribution in [0, 0.1) is 6.92 Å². The van der Waals surface area contributed by atoms with Gasteiger partial charge in [-0.2, -0.15) is 13.2 Å². The Morgan fingerprint density at radius 3 is 2.73 bits per heavy atom. The van der Waals surface area contributed by atoms with E-state index in [9.17, 15) is 18.0 Å². The van der Waals surface area contributed by atoms with Gasteiger partial charge < -0.3 is 10.2 Å². The monoisotopic (exact) mass is 400 g/mol. The molecule has 0 aliphatic carbocycles. The molecule has 2 amide bonds. The number of carbonyl (C=O) groups excluding carboxylic acids is 1. The van der Waals surface area contributed by atoms with Crippen molar-refractivity contribution < 1.29 is 18.0 Å². The van der Waals surface area contributed by atoms with Gasteiger partial charge in [0.25, 0.3) is 0 Å². The van der Waals surface area contributed by atoms with E-state index in [1.165, 1.54) is 22.7 Å². The molecule has 3 nitrogen and oxygen atoms in total. The molecule has 1 heterocycles. The zero-order valence-corrected chi connectivity index (χ0v) is 15.4. The van der Waals surface area contributed by atoms with Crippen LogP contribution in [0.3, 0.4) is 0 Å². The molecule has 2 aromatic carbocycles. The molecule has 0 aromatic heterocycles. The van der Waals surface area contributed by atoms with Gasteiger partial charge in [-0.3, -0.25) is 0 Å². The summed E-state index contributed by atoms with van der Waals surface area (Å²) in [5, 5.41) is 2.84. The molecular weight excluding hydrogens is 385 g/mol. The van der Waals surface area contributed by atoms with Crippen molar-refractivity contribution in [3.05, 3.63) is 64.2 Å². The molecule has 8 heteroatoms. The second-order valence-corrected chi connectivity index (χ2v) is 7.53. The molecule has 0 saturated carbocycles. The third-order valence-corrected chi connectivity index (χ3v) is 5.74. The lowest BCUT2D eigenvalue weighted by atomic mass is 10.1. The minimum Gasteiger partial charge on any atom is -0.308 e. The number of alkyl halides is 3. The fourth-order valence-electron chi connectivity index (χ4n) is 2.69. The maximum atomic E-state index is 13.0. The Morgan fingerprint density at radius 2 is 2.04 bits per heavy atom. The van der Waals surface area contributed by atoms with Gasteiger partial charge in [0.05, 0.1) is 5.56 Å². The number of hydrogen-bond donors (Lipinski definition) is 1. The Labute approximate surface area is 158 Å². The number of nitrogens with zero attached hydrogens (tertiary/aromatic N) is 1. The molecule has 2 aromatic rings. The number of urea groups is 1. The normalized spacial score (nSPS) is 17.4. The summed E-state index contributed by atoms with van der Waals surface area (Å²) < 4.78 is 38.9. The number of benzene rings is 2. The van der Waals surface area contributed by atoms with Gasteiger partial charge in [-0.15, -0.1) is 11.8 Å². The molecule has 0 radical (unpaired) electrons. The lowest BCUT2D eigenvalue weighted by Crippen LogP contribution is -2.34. The largest absolute Gasteiger partial charge is 0.416 e. The van der Waals surface area contributed by atoms with Crippen molar-refractivity contribution in [2.45, 2.75) is 18.5 Å². The topological polar surface area (TPSA) is 32.3 Å². The van der Waals surface area contributed by atoms with Crippen LogP contribution in [0.2, 0.25) is 5.02 Å². The summed E-state index contributed by atoms with van der Waals surface area (Å²) in [6.07, 6.45) is -4.41. The van der Waals surface area contributed by atoms with Crippen LogP contribution in [0.5, 0.6) is 0 Å². The highest BCUT2D eigenvalue weighted by molar-refractivity contribution is 7.99. The van der Waals surface area contributed by atoms with Crippen molar-refractivity contribution >= 4 is 35.1 Å². The molecule has 1 unspecified atom stereocenters. The molecule has 1 atom stereocenters. The summed E-state index contributed by atoms with van der Waals surface area (Å²) in [7, 11) is 0. The molecule has 26 heavy (non-hydrogen) atoms. The van der Waals surface area contributed by atoms with Gasteiger partial charge in [-0.05, 0) is 42.3 Å². The first kappa shape index (κ1) is 18.9. The number of thioether (sulfide) groups is 1. The van der Waals surface area contributed by atoms with Gasteiger partial charge in [-0.25, -0.2) is 4.79 Å². The Balaban J connectivity index is 1.79. The maximum absolute atomic E-state index is 13.0. The second kappa shape index (κ2) is 7.40. The Kier molecular flexibility index (Phi) is 5.39. The molecule has 1 aliphatic heterocycles. The predicted molar refractivity (Wildman–Crippen MR) is 98.6 cm³/mol. The van der Waals surface area contributed by atoms with E-state index in [4.69, 9.17) is 11.6 Å². The van der Waals surface area contributed by atoms with E-state index in [1.54, 1.807) is 24.3 Å². The standard InChI is InChI=1S/C18H16ClF3N2OS/c1-11-5-6-14(10-15(11)19)23-17(25)24-7-8-26-16(24)12-3-2-4-13(9-12)18(20,21)22/h2-6,9-10,16H,7-8H2,1H3,(H,23,25). The molecule has 0 spiro atoms. The van der Waals surface area contributed by atoms with Crippen LogP contribution in [-0.2, 0) is 6.18 Å². The van der Waals surface area contributed by atoms with E-state index >= 15 is 0 Å². The first-order valence-electron chi connectivity index (χ1n) is 7.88. The molecule has 1 N–H and O–H groups in total. The minimum atomic E-state index is -4.41. The van der Waals surface area contributed by atoms with Crippen LogP contribution >= 0.6 is 23.4 Å². The van der Waals surface area contributed by atoms with Gasteiger partial charge >= 0.3 is 12.2 Å². The number of amides is 2. The highest BCUT2D eigenvalue weighted by Crippen LogP contribution is 2.40. The Morgan fingerprint density at radius 1 is 1.27 bits per heavy atom. The van der Waals surface area contributed by atoms with Crippen LogP contribution < -0.4 is 5.32 Å². The Bertz CT molecular complexity index is 828. The summed E-state index contributed by atoms with van der Waals surface area (Å²) in [5.41, 5.74) is 1.18. The van der Waals surface area contributed by atoms with E-state index in [2.05, 4.69) is 5.32 Å². The van der Waals surface area contributed by atoms with Crippen molar-refractivity contribution in [2.24, 2.45) is 0 Å². The lowest BCUT2D eigenvalue weighted by molar-refractivity contribution is -0.137. The third-order valence-electron chi connectivity index (χ3n) is 4.07. The van der Waals surface area contributed by atoms with Crippen molar-refractivity contribution in [1.82, 2.24) is 4.90 Å². The van der Waals surface area contributed by atoms with Gasteiger partial charge in [0.2, 0.25) is 0 Å². The van der Waals surface area contributed by atoms with E-state index in [-0.39, 0.29) is 6.03 Å². The predicted octanol–water partition coefficient (Wildman–Crippen LogP) is 5.95. The number of aryl methyl sites for hydroxylation is 1. The van der Waals surface area contributed by atoms with Gasteiger partial charge in [0.1, 0.15) is 5.37 Å². The van der Waals surface area contributed by atoms with Crippen LogP contribution in [-0.4, -0.2) is 23.2 Å². The van der Waals surface area contributed by atoms with E-state index in [1.807, 2.05) is 6.92 Å². The van der Waals surface area contributed by atoms with Gasteiger partial charge in [0.15, 0.2) is 0 Å². The molecular formula is C18H16ClF3N2OS. The average molecular weight is 401 g/mol. The van der Waals surface area contributed by atoms with E-state index in [0.29, 0.717) is 28.6 Å². The van der Waals surface area contributed by atoms with Crippen molar-refractivity contribution in [3.8, 4) is 0 Å². The number of hydrogen-bond acceptors (Lipinski definition) is 2. The molecule has 138 valence electrons. The minimum absolute atomic E-state index is 0.364. The summed E-state index contributed by atoms with van der Waals surface area (Å²) in [6, 6.07) is 9.93. The molecule has 1 fully saturated rings. The van der Waals surface area contributed by atoms with Crippen LogP contribution in [0.1, 0.15) is 22.1 Å². The molecule has 1 aliphatic rings. The van der Waals surface area contributed by atoms with Crippen molar-refractivity contribution in [2.75, 3.05) is 17.6 Å². The number of anilines is 1. The first-order valence-corrected chi connectivity index (χ1v) is 9.31. The van der Waals surface area contributed by atoms with Crippen LogP contribution in [0.15, 0.2) is 42.5 Å². The third kappa shape index (κ3) is 4.10. The zero-order chi connectivity index (χ0) is 18.9. The zero-order valence-electron chi connectivity index (χ0n) is 13.8. The highest BCUT2D eigenvalue weighted by atomic mass is 35.5. The maximum Gasteiger partial charge on any atom is 0.416 e. The average Bonchev–Trinajstić information content (AvgIpc) is 3.07. The number of rotatable bonds is 2. The number of carbonyl (C=O) groups is 1. The fraction of sp³-hybridized carbons (Fsp3) is 0.278. The van der Waals surface area contributed by atoms with Gasteiger partial charge in [0, 0.05) is 23.0 Å². The van der Waals surface area contributed by atoms with Crippen LogP contribution in [0.4, 0.5) is 23.7 Å². The van der Waals surface area contributed by atoms with Gasteiger partial charge in [-0.1, -0.05) is 29.8 Å². The highest BCUT2D eigenvalue weighted by Gasteiger charge is 2.34. The first-order chi connectivity index (χ1) is 12.3. The summed E-state index contributed by atoms with van der Waals surface area (Å²) in [6.45, 7) is 2.31. The second-order valence-electron chi connectivity index (χ2n) is 5.93. The molecule has 1 saturated heterocycles. The van der Waals surface area contributed by atoms with Crippen molar-refractivity contribution in [3.63, 3.8) is 0 Å². The summed E-state index contributed by atoms with van der Waals surface area (Å²) >= 11 is 7.51. The molecule has 3 rings (SSSR count). The molecule has 0 bridgehead atoms. The quantitative estimate of drug-likeness (QED) is 0.675.